The molecule has 0 unspecified atom stereocenters. The quantitative estimate of drug-likeness (QED) is 0.838. The van der Waals surface area contributed by atoms with Crippen molar-refractivity contribution in [3.8, 4) is 11.4 Å². The highest BCUT2D eigenvalue weighted by atomic mass is 15.3. The molecule has 1 heterocycles. The van der Waals surface area contributed by atoms with E-state index in [9.17, 15) is 0 Å². The molecule has 1 fully saturated rings. The van der Waals surface area contributed by atoms with E-state index in [1.807, 2.05) is 18.5 Å². The molecule has 0 spiro atoms. The van der Waals surface area contributed by atoms with Crippen LogP contribution in [0.15, 0.2) is 24.5 Å². The summed E-state index contributed by atoms with van der Waals surface area (Å²) in [6.07, 6.45) is 8.23. The van der Waals surface area contributed by atoms with Gasteiger partial charge < -0.3 is 10.3 Å². The van der Waals surface area contributed by atoms with E-state index in [-0.39, 0.29) is 0 Å². The molecule has 4 nitrogen and oxygen atoms in total. The summed E-state index contributed by atoms with van der Waals surface area (Å²) < 4.78 is 2.21. The fourth-order valence-electron chi connectivity index (χ4n) is 2.93. The number of nitrogens with zero attached hydrogens (tertiary/aromatic N) is 3. The molecular weight excluding hydrogens is 236 g/mol. The lowest BCUT2D eigenvalue weighted by molar-refractivity contribution is 0.355. The minimum atomic E-state index is 0.527. The first-order valence-electron chi connectivity index (χ1n) is 7.02. The maximum absolute atomic E-state index is 6.10. The van der Waals surface area contributed by atoms with Gasteiger partial charge in [0.1, 0.15) is 6.33 Å². The molecule has 19 heavy (non-hydrogen) atoms. The molecule has 0 aliphatic heterocycles. The molecule has 0 radical (unpaired) electrons. The van der Waals surface area contributed by atoms with Gasteiger partial charge in [0.25, 0.3) is 0 Å². The van der Waals surface area contributed by atoms with Gasteiger partial charge in [0, 0.05) is 17.3 Å². The summed E-state index contributed by atoms with van der Waals surface area (Å²) in [5, 5.41) is 8.40. The fraction of sp³-hybridized carbons (Fsp3) is 0.467. The van der Waals surface area contributed by atoms with Crippen molar-refractivity contribution in [3.05, 3.63) is 30.1 Å². The van der Waals surface area contributed by atoms with Crippen LogP contribution in [0.25, 0.3) is 11.4 Å². The van der Waals surface area contributed by atoms with Gasteiger partial charge in [-0.05, 0) is 31.9 Å². The number of nitrogen functional groups attached to an aromatic ring is 1. The lowest BCUT2D eigenvalue weighted by Gasteiger charge is -2.24. The van der Waals surface area contributed by atoms with Gasteiger partial charge in [0.2, 0.25) is 0 Å². The van der Waals surface area contributed by atoms with Crippen LogP contribution in [0.2, 0.25) is 0 Å². The van der Waals surface area contributed by atoms with Crippen LogP contribution < -0.4 is 5.73 Å². The Bertz CT molecular complexity index is 567. The number of rotatable bonds is 2. The van der Waals surface area contributed by atoms with E-state index in [0.717, 1.165) is 17.1 Å². The van der Waals surface area contributed by atoms with Gasteiger partial charge in [-0.25, -0.2) is 0 Å². The summed E-state index contributed by atoms with van der Waals surface area (Å²) >= 11 is 0. The number of benzene rings is 1. The Morgan fingerprint density at radius 3 is 2.79 bits per heavy atom. The SMILES string of the molecule is Cc1ccc(N)c(-c2nncn2C2CCCCC2)c1. The van der Waals surface area contributed by atoms with Crippen LogP contribution in [0.1, 0.15) is 43.7 Å². The fourth-order valence-corrected chi connectivity index (χ4v) is 2.93. The zero-order valence-electron chi connectivity index (χ0n) is 11.3. The lowest BCUT2D eigenvalue weighted by atomic mass is 9.95. The van der Waals surface area contributed by atoms with Crippen molar-refractivity contribution in [2.75, 3.05) is 5.73 Å². The van der Waals surface area contributed by atoms with Crippen LogP contribution in [0.3, 0.4) is 0 Å². The standard InChI is InChI=1S/C15H20N4/c1-11-7-8-14(16)13(9-11)15-18-17-10-19(15)12-5-3-2-4-6-12/h7-10,12H,2-6,16H2,1H3. The number of aromatic nitrogens is 3. The minimum Gasteiger partial charge on any atom is -0.398 e. The average molecular weight is 256 g/mol. The Labute approximate surface area is 113 Å². The van der Waals surface area contributed by atoms with Crippen molar-refractivity contribution in [1.82, 2.24) is 14.8 Å². The van der Waals surface area contributed by atoms with Gasteiger partial charge in [-0.2, -0.15) is 0 Å². The van der Waals surface area contributed by atoms with E-state index in [4.69, 9.17) is 5.73 Å². The second-order valence-electron chi connectivity index (χ2n) is 5.44. The minimum absolute atomic E-state index is 0.527. The van der Waals surface area contributed by atoms with Gasteiger partial charge in [-0.1, -0.05) is 30.9 Å². The van der Waals surface area contributed by atoms with Crippen molar-refractivity contribution in [3.63, 3.8) is 0 Å². The molecule has 1 saturated carbocycles. The third-order valence-corrected chi connectivity index (χ3v) is 3.99. The van der Waals surface area contributed by atoms with E-state index in [1.165, 1.54) is 37.7 Å². The number of hydrogen-bond acceptors (Lipinski definition) is 3. The van der Waals surface area contributed by atoms with E-state index in [1.54, 1.807) is 0 Å². The summed E-state index contributed by atoms with van der Waals surface area (Å²) in [7, 11) is 0. The van der Waals surface area contributed by atoms with Crippen molar-refractivity contribution in [2.45, 2.75) is 45.1 Å². The Morgan fingerprint density at radius 2 is 2.00 bits per heavy atom. The number of anilines is 1. The van der Waals surface area contributed by atoms with E-state index >= 15 is 0 Å². The van der Waals surface area contributed by atoms with Gasteiger partial charge >= 0.3 is 0 Å². The highest BCUT2D eigenvalue weighted by Crippen LogP contribution is 2.33. The molecule has 2 N–H and O–H groups in total. The highest BCUT2D eigenvalue weighted by molar-refractivity contribution is 5.72. The first-order valence-corrected chi connectivity index (χ1v) is 7.02. The molecule has 4 heteroatoms. The zero-order chi connectivity index (χ0) is 13.2. The van der Waals surface area contributed by atoms with Crippen LogP contribution in [-0.2, 0) is 0 Å². The normalized spacial score (nSPS) is 16.7. The van der Waals surface area contributed by atoms with Crippen molar-refractivity contribution >= 4 is 5.69 Å². The van der Waals surface area contributed by atoms with Crippen LogP contribution >= 0.6 is 0 Å². The van der Waals surface area contributed by atoms with Crippen LogP contribution in [-0.4, -0.2) is 14.8 Å². The number of hydrogen-bond donors (Lipinski definition) is 1. The number of aryl methyl sites for hydroxylation is 1. The first kappa shape index (κ1) is 12.2. The zero-order valence-corrected chi connectivity index (χ0v) is 11.3. The van der Waals surface area contributed by atoms with Gasteiger partial charge in [0.05, 0.1) is 0 Å². The molecule has 100 valence electrons. The molecule has 1 aromatic carbocycles. The van der Waals surface area contributed by atoms with E-state index in [2.05, 4.69) is 27.8 Å². The molecule has 1 aliphatic carbocycles. The summed E-state index contributed by atoms with van der Waals surface area (Å²) in [5.41, 5.74) is 9.07. The molecule has 0 atom stereocenters. The Balaban J connectivity index is 2.01. The Kier molecular flexibility index (Phi) is 3.23. The monoisotopic (exact) mass is 256 g/mol. The van der Waals surface area contributed by atoms with Gasteiger partial charge in [-0.15, -0.1) is 10.2 Å². The smallest absolute Gasteiger partial charge is 0.166 e. The maximum Gasteiger partial charge on any atom is 0.166 e. The highest BCUT2D eigenvalue weighted by Gasteiger charge is 2.20. The lowest BCUT2D eigenvalue weighted by Crippen LogP contribution is -2.13. The predicted molar refractivity (Wildman–Crippen MR) is 76.7 cm³/mol. The molecular formula is C15H20N4. The van der Waals surface area contributed by atoms with E-state index in [0.29, 0.717) is 6.04 Å². The van der Waals surface area contributed by atoms with Crippen LogP contribution in [0.5, 0.6) is 0 Å². The Hall–Kier alpha value is -1.84. The second-order valence-corrected chi connectivity index (χ2v) is 5.44. The van der Waals surface area contributed by atoms with Crippen LogP contribution in [0.4, 0.5) is 5.69 Å². The maximum atomic E-state index is 6.10. The largest absolute Gasteiger partial charge is 0.398 e. The molecule has 0 amide bonds. The number of nitrogens with two attached hydrogens (primary N) is 1. The van der Waals surface area contributed by atoms with Gasteiger partial charge in [-0.3, -0.25) is 0 Å². The molecule has 1 aliphatic rings. The molecule has 1 aromatic heterocycles. The van der Waals surface area contributed by atoms with Gasteiger partial charge in [0.15, 0.2) is 5.82 Å². The van der Waals surface area contributed by atoms with Crippen molar-refractivity contribution in [2.24, 2.45) is 0 Å². The third-order valence-electron chi connectivity index (χ3n) is 3.99. The third kappa shape index (κ3) is 2.35. The molecule has 3 rings (SSSR count). The topological polar surface area (TPSA) is 56.7 Å². The van der Waals surface area contributed by atoms with Crippen molar-refractivity contribution in [1.29, 1.82) is 0 Å². The van der Waals surface area contributed by atoms with Crippen molar-refractivity contribution < 1.29 is 0 Å². The summed E-state index contributed by atoms with van der Waals surface area (Å²) in [4.78, 5) is 0. The first-order chi connectivity index (χ1) is 9.25. The predicted octanol–water partition coefficient (Wildman–Crippen LogP) is 3.34. The van der Waals surface area contributed by atoms with Crippen LogP contribution in [0, 0.1) is 6.92 Å². The summed E-state index contributed by atoms with van der Waals surface area (Å²) in [5.74, 6) is 0.910. The molecule has 0 bridgehead atoms. The molecule has 2 aromatic rings. The van der Waals surface area contributed by atoms with E-state index < -0.39 is 0 Å². The second kappa shape index (κ2) is 5.03. The Morgan fingerprint density at radius 1 is 1.21 bits per heavy atom. The average Bonchev–Trinajstić information content (AvgIpc) is 2.91. The summed E-state index contributed by atoms with van der Waals surface area (Å²) in [6, 6.07) is 6.60. The molecule has 0 saturated heterocycles. The summed E-state index contributed by atoms with van der Waals surface area (Å²) in [6.45, 7) is 2.07.